The van der Waals surface area contributed by atoms with Crippen molar-refractivity contribution in [3.8, 4) is 0 Å². The molecule has 32 heavy (non-hydrogen) atoms. The van der Waals surface area contributed by atoms with Crippen molar-refractivity contribution in [3.63, 3.8) is 0 Å². The summed E-state index contributed by atoms with van der Waals surface area (Å²) in [6.07, 6.45) is -0.130. The summed E-state index contributed by atoms with van der Waals surface area (Å²) in [6.45, 7) is 3.16. The van der Waals surface area contributed by atoms with E-state index in [1.165, 1.54) is 23.3 Å². The molecule has 0 spiro atoms. The number of hydrogen-bond acceptors (Lipinski definition) is 8. The number of urea groups is 1. The van der Waals surface area contributed by atoms with Crippen molar-refractivity contribution >= 4 is 40.2 Å². The molecule has 5 amide bonds. The summed E-state index contributed by atoms with van der Waals surface area (Å²) in [5.74, 6) is -0.840. The van der Waals surface area contributed by atoms with E-state index in [1.807, 2.05) is 6.92 Å². The maximum Gasteiger partial charge on any atom is 0.315 e. The van der Waals surface area contributed by atoms with Crippen LogP contribution in [0.25, 0.3) is 0 Å². The third-order valence-electron chi connectivity index (χ3n) is 5.76. The molecule has 2 aliphatic heterocycles. The van der Waals surface area contributed by atoms with Gasteiger partial charge in [-0.05, 0) is 6.42 Å². The zero-order valence-corrected chi connectivity index (χ0v) is 19.0. The number of aliphatic hydroxyl groups excluding tert-OH is 1. The fourth-order valence-corrected chi connectivity index (χ4v) is 4.90. The largest absolute Gasteiger partial charge is 0.391 e. The van der Waals surface area contributed by atoms with Crippen LogP contribution in [0.15, 0.2) is 0 Å². The number of primary amides is 1. The number of nitrogens with two attached hydrogens (primary N) is 2. The van der Waals surface area contributed by atoms with Gasteiger partial charge in [0, 0.05) is 46.2 Å². The van der Waals surface area contributed by atoms with Gasteiger partial charge < -0.3 is 36.2 Å². The lowest BCUT2D eigenvalue weighted by Gasteiger charge is -2.35. The molecule has 3 heterocycles. The van der Waals surface area contributed by atoms with E-state index in [0.29, 0.717) is 48.3 Å². The molecule has 2 aliphatic rings. The van der Waals surface area contributed by atoms with Gasteiger partial charge in [0.2, 0.25) is 11.8 Å². The Hall–Kier alpha value is -2.93. The van der Waals surface area contributed by atoms with Crippen LogP contribution in [0, 0.1) is 0 Å². The van der Waals surface area contributed by atoms with E-state index in [4.69, 9.17) is 11.5 Å². The minimum Gasteiger partial charge on any atom is -0.391 e. The Morgan fingerprint density at radius 3 is 2.41 bits per heavy atom. The number of amides is 5. The molecule has 2 atom stereocenters. The first-order chi connectivity index (χ1) is 15.1. The molecule has 176 valence electrons. The number of carbonyl (C=O) groups is 4. The number of piperazine rings is 1. The molecule has 1 aromatic heterocycles. The van der Waals surface area contributed by atoms with E-state index in [9.17, 15) is 24.3 Å². The summed E-state index contributed by atoms with van der Waals surface area (Å²) in [5.41, 5.74) is 11.7. The van der Waals surface area contributed by atoms with Crippen LogP contribution >= 0.6 is 11.3 Å². The highest BCUT2D eigenvalue weighted by molar-refractivity contribution is 7.17. The highest BCUT2D eigenvalue weighted by Gasteiger charge is 2.40. The predicted octanol–water partition coefficient (Wildman–Crippen LogP) is -1.46. The summed E-state index contributed by atoms with van der Waals surface area (Å²) in [6, 6.07) is -1.66. The zero-order valence-electron chi connectivity index (χ0n) is 18.2. The van der Waals surface area contributed by atoms with E-state index in [1.54, 1.807) is 9.80 Å². The molecule has 1 aromatic rings. The number of anilines is 1. The number of likely N-dealkylation sites (N-methyl/N-ethyl adjacent to an activating group) is 1. The van der Waals surface area contributed by atoms with Crippen LogP contribution in [-0.4, -0.2) is 112 Å². The third-order valence-corrected chi connectivity index (χ3v) is 6.67. The number of rotatable bonds is 5. The van der Waals surface area contributed by atoms with Crippen molar-refractivity contribution in [3.05, 3.63) is 10.6 Å². The van der Waals surface area contributed by atoms with Gasteiger partial charge in [0.05, 0.1) is 18.3 Å². The summed E-state index contributed by atoms with van der Waals surface area (Å²) < 4.78 is 0. The highest BCUT2D eigenvalue weighted by atomic mass is 32.1. The molecule has 0 saturated carbocycles. The molecule has 3 rings (SSSR count). The lowest BCUT2D eigenvalue weighted by molar-refractivity contribution is -0.142. The Morgan fingerprint density at radius 2 is 1.81 bits per heavy atom. The minimum atomic E-state index is -0.880. The lowest BCUT2D eigenvalue weighted by Crippen LogP contribution is -2.54. The molecule has 0 radical (unpaired) electrons. The van der Waals surface area contributed by atoms with Crippen LogP contribution < -0.4 is 11.5 Å². The third kappa shape index (κ3) is 4.93. The first kappa shape index (κ1) is 23.7. The number of aromatic nitrogens is 1. The molecule has 5 N–H and O–H groups in total. The van der Waals surface area contributed by atoms with Crippen molar-refractivity contribution in [2.75, 3.05) is 52.0 Å². The van der Waals surface area contributed by atoms with Gasteiger partial charge in [0.15, 0.2) is 5.13 Å². The van der Waals surface area contributed by atoms with Crippen LogP contribution in [0.5, 0.6) is 0 Å². The predicted molar refractivity (Wildman–Crippen MR) is 117 cm³/mol. The van der Waals surface area contributed by atoms with Gasteiger partial charge in [-0.3, -0.25) is 14.4 Å². The number of carbonyl (C=O) groups excluding carboxylic acids is 4. The molecule has 2 saturated heterocycles. The first-order valence-electron chi connectivity index (χ1n) is 10.4. The Morgan fingerprint density at radius 1 is 1.19 bits per heavy atom. The van der Waals surface area contributed by atoms with Crippen molar-refractivity contribution < 1.29 is 24.3 Å². The van der Waals surface area contributed by atoms with Gasteiger partial charge in [0.1, 0.15) is 10.9 Å². The maximum atomic E-state index is 12.8. The number of aliphatic hydroxyl groups is 1. The second-order valence-electron chi connectivity index (χ2n) is 7.94. The van der Waals surface area contributed by atoms with E-state index in [2.05, 4.69) is 4.98 Å². The topological polar surface area (TPSA) is 166 Å². The quantitative estimate of drug-likeness (QED) is 0.476. The van der Waals surface area contributed by atoms with Crippen LogP contribution in [0.2, 0.25) is 0 Å². The number of nitrogen functional groups attached to an aromatic ring is 1. The van der Waals surface area contributed by atoms with Crippen molar-refractivity contribution in [1.29, 1.82) is 0 Å². The number of hydrogen-bond donors (Lipinski definition) is 3. The van der Waals surface area contributed by atoms with Crippen LogP contribution in [-0.2, 0) is 16.0 Å². The van der Waals surface area contributed by atoms with Crippen molar-refractivity contribution in [2.45, 2.75) is 31.9 Å². The van der Waals surface area contributed by atoms with E-state index >= 15 is 0 Å². The Bertz CT molecular complexity index is 899. The summed E-state index contributed by atoms with van der Waals surface area (Å²) in [7, 11) is 1.48. The van der Waals surface area contributed by atoms with Crippen LogP contribution in [0.4, 0.5) is 9.93 Å². The molecular formula is C19H29N7O5S. The van der Waals surface area contributed by atoms with E-state index < -0.39 is 24.1 Å². The standard InChI is InChI=1S/C19H29N7O5S/c1-3-12-15(32-18(20)22-12)17(30)25-6-4-24(5-7-25)14(28)10-23(2)16(29)13-8-11(27)9-26(13)19(21)31/h11,13,27H,3-10H2,1-2H3,(H2,20,22)(H2,21,31). The van der Waals surface area contributed by atoms with Crippen molar-refractivity contribution in [2.24, 2.45) is 5.73 Å². The smallest absolute Gasteiger partial charge is 0.315 e. The van der Waals surface area contributed by atoms with Gasteiger partial charge >= 0.3 is 6.03 Å². The molecule has 13 heteroatoms. The number of aryl methyl sites for hydroxylation is 1. The second kappa shape index (κ2) is 9.69. The van der Waals surface area contributed by atoms with Gasteiger partial charge in [-0.25, -0.2) is 9.78 Å². The normalized spacial score (nSPS) is 21.0. The Balaban J connectivity index is 1.53. The van der Waals surface area contributed by atoms with Crippen LogP contribution in [0.3, 0.4) is 0 Å². The number of thiazole rings is 1. The zero-order chi connectivity index (χ0) is 23.6. The lowest BCUT2D eigenvalue weighted by atomic mass is 10.1. The minimum absolute atomic E-state index is 0.00529. The van der Waals surface area contributed by atoms with Gasteiger partial charge in [-0.1, -0.05) is 18.3 Å². The number of likely N-dealkylation sites (tertiary alicyclic amines) is 1. The number of β-amino-alcohol motifs (C(OH)–C–C–N with tert-alkyl or cyclic N) is 1. The first-order valence-corrected chi connectivity index (χ1v) is 11.2. The molecule has 12 nitrogen and oxygen atoms in total. The number of nitrogens with zero attached hydrogens (tertiary/aromatic N) is 5. The van der Waals surface area contributed by atoms with E-state index in [-0.39, 0.29) is 31.3 Å². The average molecular weight is 468 g/mol. The molecule has 0 aromatic carbocycles. The molecule has 2 fully saturated rings. The SMILES string of the molecule is CCc1nc(N)sc1C(=O)N1CCN(C(=O)CN(C)C(=O)C2CC(O)CN2C(N)=O)CC1. The Kier molecular flexibility index (Phi) is 7.19. The van der Waals surface area contributed by atoms with Crippen molar-refractivity contribution in [1.82, 2.24) is 24.6 Å². The Labute approximate surface area is 189 Å². The molecular weight excluding hydrogens is 438 g/mol. The summed E-state index contributed by atoms with van der Waals surface area (Å²) >= 11 is 1.17. The average Bonchev–Trinajstić information content (AvgIpc) is 3.35. The summed E-state index contributed by atoms with van der Waals surface area (Å²) in [4.78, 5) is 60.1. The maximum absolute atomic E-state index is 12.8. The van der Waals surface area contributed by atoms with Gasteiger partial charge in [-0.2, -0.15) is 0 Å². The molecule has 0 aliphatic carbocycles. The fraction of sp³-hybridized carbons (Fsp3) is 0.632. The highest BCUT2D eigenvalue weighted by Crippen LogP contribution is 2.23. The molecule has 0 bridgehead atoms. The molecule has 2 unspecified atom stereocenters. The van der Waals surface area contributed by atoms with Gasteiger partial charge in [-0.15, -0.1) is 0 Å². The second-order valence-corrected chi connectivity index (χ2v) is 8.98. The van der Waals surface area contributed by atoms with Crippen LogP contribution in [0.1, 0.15) is 28.7 Å². The van der Waals surface area contributed by atoms with Gasteiger partial charge in [0.25, 0.3) is 5.91 Å². The summed E-state index contributed by atoms with van der Waals surface area (Å²) in [5, 5.41) is 10.1. The van der Waals surface area contributed by atoms with E-state index in [0.717, 1.165) is 4.90 Å². The fourth-order valence-electron chi connectivity index (χ4n) is 4.01. The monoisotopic (exact) mass is 467 g/mol.